The SMILES string of the molecule is CC(C)CC(N[C@@H](Cc1cncn1Cc1c(Cl)cccc1Cl)C(=O)O)C(=O)O. The lowest BCUT2D eigenvalue weighted by molar-refractivity contribution is -0.142. The molecule has 0 amide bonds. The van der Waals surface area contributed by atoms with E-state index >= 15 is 0 Å². The molecular formula is C19H23Cl2N3O4. The Kier molecular flexibility index (Phi) is 7.86. The summed E-state index contributed by atoms with van der Waals surface area (Å²) in [6.45, 7) is 4.10. The lowest BCUT2D eigenvalue weighted by Crippen LogP contribution is -2.49. The Labute approximate surface area is 173 Å². The first kappa shape index (κ1) is 22.2. The quantitative estimate of drug-likeness (QED) is 0.536. The van der Waals surface area contributed by atoms with Gasteiger partial charge < -0.3 is 14.8 Å². The molecule has 1 heterocycles. The predicted octanol–water partition coefficient (Wildman–Crippen LogP) is 3.32. The van der Waals surface area contributed by atoms with Crippen LogP contribution in [0.25, 0.3) is 0 Å². The molecule has 2 aromatic rings. The van der Waals surface area contributed by atoms with E-state index in [0.29, 0.717) is 34.3 Å². The third kappa shape index (κ3) is 5.95. The molecule has 0 aliphatic rings. The number of rotatable bonds is 10. The van der Waals surface area contributed by atoms with Gasteiger partial charge in [0.1, 0.15) is 12.1 Å². The Morgan fingerprint density at radius 3 is 2.29 bits per heavy atom. The Hall–Kier alpha value is -2.09. The van der Waals surface area contributed by atoms with Crippen molar-refractivity contribution in [3.63, 3.8) is 0 Å². The maximum absolute atomic E-state index is 11.7. The molecule has 0 saturated carbocycles. The second-order valence-electron chi connectivity index (χ2n) is 7.00. The first-order valence-electron chi connectivity index (χ1n) is 8.82. The van der Waals surface area contributed by atoms with Gasteiger partial charge in [-0.05, 0) is 24.5 Å². The number of benzene rings is 1. The van der Waals surface area contributed by atoms with Crippen molar-refractivity contribution in [3.05, 3.63) is 52.0 Å². The number of nitrogens with one attached hydrogen (secondary N) is 1. The van der Waals surface area contributed by atoms with E-state index in [9.17, 15) is 19.8 Å². The van der Waals surface area contributed by atoms with E-state index in [1.807, 2.05) is 13.8 Å². The van der Waals surface area contributed by atoms with E-state index in [1.54, 1.807) is 35.3 Å². The molecule has 0 saturated heterocycles. The lowest BCUT2D eigenvalue weighted by atomic mass is 10.0. The summed E-state index contributed by atoms with van der Waals surface area (Å²) in [7, 11) is 0. The smallest absolute Gasteiger partial charge is 0.321 e. The van der Waals surface area contributed by atoms with Crippen LogP contribution in [0.3, 0.4) is 0 Å². The highest BCUT2D eigenvalue weighted by atomic mass is 35.5. The fourth-order valence-electron chi connectivity index (χ4n) is 2.90. The van der Waals surface area contributed by atoms with Gasteiger partial charge in [-0.15, -0.1) is 0 Å². The summed E-state index contributed by atoms with van der Waals surface area (Å²) in [6.07, 6.45) is 3.52. The van der Waals surface area contributed by atoms with Crippen LogP contribution in [-0.2, 0) is 22.6 Å². The van der Waals surface area contributed by atoms with E-state index in [0.717, 1.165) is 0 Å². The number of hydrogen-bond acceptors (Lipinski definition) is 4. The fourth-order valence-corrected chi connectivity index (χ4v) is 3.41. The highest BCUT2D eigenvalue weighted by Gasteiger charge is 2.27. The maximum Gasteiger partial charge on any atom is 0.321 e. The van der Waals surface area contributed by atoms with Crippen LogP contribution >= 0.6 is 23.2 Å². The van der Waals surface area contributed by atoms with Crippen LogP contribution in [-0.4, -0.2) is 43.8 Å². The molecule has 152 valence electrons. The molecule has 0 aliphatic carbocycles. The third-order valence-electron chi connectivity index (χ3n) is 4.31. The Bertz CT molecular complexity index is 818. The zero-order chi connectivity index (χ0) is 20.8. The van der Waals surface area contributed by atoms with Crippen molar-refractivity contribution in [3.8, 4) is 0 Å². The average molecular weight is 428 g/mol. The summed E-state index contributed by atoms with van der Waals surface area (Å²) in [5.41, 5.74) is 1.33. The fraction of sp³-hybridized carbons (Fsp3) is 0.421. The van der Waals surface area contributed by atoms with Gasteiger partial charge in [-0.1, -0.05) is 43.1 Å². The number of carboxylic acid groups (broad SMARTS) is 2. The molecule has 2 atom stereocenters. The highest BCUT2D eigenvalue weighted by Crippen LogP contribution is 2.25. The summed E-state index contributed by atoms with van der Waals surface area (Å²) in [6, 6.07) is 3.18. The van der Waals surface area contributed by atoms with Crippen molar-refractivity contribution in [1.29, 1.82) is 0 Å². The van der Waals surface area contributed by atoms with E-state index in [2.05, 4.69) is 10.3 Å². The number of aliphatic carboxylic acids is 2. The third-order valence-corrected chi connectivity index (χ3v) is 5.02. The van der Waals surface area contributed by atoms with Crippen molar-refractivity contribution >= 4 is 35.1 Å². The van der Waals surface area contributed by atoms with Crippen LogP contribution < -0.4 is 5.32 Å². The lowest BCUT2D eigenvalue weighted by Gasteiger charge is -2.22. The molecule has 2 rings (SSSR count). The Balaban J connectivity index is 2.20. The maximum atomic E-state index is 11.7. The van der Waals surface area contributed by atoms with Crippen molar-refractivity contribution in [1.82, 2.24) is 14.9 Å². The molecular weight excluding hydrogens is 405 g/mol. The first-order chi connectivity index (χ1) is 13.2. The second kappa shape index (κ2) is 9.91. The number of aromatic nitrogens is 2. The topological polar surface area (TPSA) is 104 Å². The van der Waals surface area contributed by atoms with Crippen LogP contribution in [0, 0.1) is 5.92 Å². The van der Waals surface area contributed by atoms with Crippen molar-refractivity contribution in [2.45, 2.75) is 45.3 Å². The van der Waals surface area contributed by atoms with Gasteiger partial charge in [-0.2, -0.15) is 0 Å². The van der Waals surface area contributed by atoms with Crippen molar-refractivity contribution in [2.75, 3.05) is 0 Å². The van der Waals surface area contributed by atoms with Gasteiger partial charge in [0.2, 0.25) is 0 Å². The monoisotopic (exact) mass is 427 g/mol. The minimum Gasteiger partial charge on any atom is -0.480 e. The molecule has 0 bridgehead atoms. The zero-order valence-electron chi connectivity index (χ0n) is 15.6. The summed E-state index contributed by atoms with van der Waals surface area (Å²) in [5.74, 6) is -2.09. The van der Waals surface area contributed by atoms with E-state index in [-0.39, 0.29) is 12.3 Å². The van der Waals surface area contributed by atoms with E-state index < -0.39 is 24.0 Å². The van der Waals surface area contributed by atoms with Gasteiger partial charge >= 0.3 is 11.9 Å². The molecule has 0 fully saturated rings. The number of hydrogen-bond donors (Lipinski definition) is 3. The molecule has 0 radical (unpaired) electrons. The summed E-state index contributed by atoms with van der Waals surface area (Å²) in [5, 5.41) is 22.7. The van der Waals surface area contributed by atoms with Crippen molar-refractivity contribution < 1.29 is 19.8 Å². The van der Waals surface area contributed by atoms with Gasteiger partial charge in [-0.25, -0.2) is 4.98 Å². The average Bonchev–Trinajstić information content (AvgIpc) is 3.03. The van der Waals surface area contributed by atoms with Gasteiger partial charge in [0.05, 0.1) is 12.9 Å². The first-order valence-corrected chi connectivity index (χ1v) is 9.58. The molecule has 3 N–H and O–H groups in total. The van der Waals surface area contributed by atoms with Gasteiger partial charge in [0, 0.05) is 33.9 Å². The normalized spacial score (nSPS) is 13.5. The molecule has 0 aliphatic heterocycles. The summed E-state index contributed by atoms with van der Waals surface area (Å²) < 4.78 is 1.75. The van der Waals surface area contributed by atoms with Gasteiger partial charge in [0.25, 0.3) is 0 Å². The van der Waals surface area contributed by atoms with Crippen LogP contribution in [0.15, 0.2) is 30.7 Å². The van der Waals surface area contributed by atoms with Crippen LogP contribution in [0.5, 0.6) is 0 Å². The highest BCUT2D eigenvalue weighted by molar-refractivity contribution is 6.35. The number of imidazole rings is 1. The minimum absolute atomic E-state index is 0.0687. The number of carboxylic acids is 2. The Morgan fingerprint density at radius 2 is 1.75 bits per heavy atom. The number of nitrogens with zero attached hydrogens (tertiary/aromatic N) is 2. The van der Waals surface area contributed by atoms with Crippen molar-refractivity contribution in [2.24, 2.45) is 5.92 Å². The van der Waals surface area contributed by atoms with Crippen LogP contribution in [0.4, 0.5) is 0 Å². The zero-order valence-corrected chi connectivity index (χ0v) is 17.1. The number of halogens is 2. The van der Waals surface area contributed by atoms with Crippen LogP contribution in [0.1, 0.15) is 31.5 Å². The minimum atomic E-state index is -1.13. The molecule has 0 spiro atoms. The second-order valence-corrected chi connectivity index (χ2v) is 7.81. The van der Waals surface area contributed by atoms with Crippen LogP contribution in [0.2, 0.25) is 10.0 Å². The summed E-state index contributed by atoms with van der Waals surface area (Å²) in [4.78, 5) is 27.3. The largest absolute Gasteiger partial charge is 0.480 e. The molecule has 1 unspecified atom stereocenters. The predicted molar refractivity (Wildman–Crippen MR) is 107 cm³/mol. The summed E-state index contributed by atoms with van der Waals surface area (Å²) >= 11 is 12.4. The molecule has 7 nitrogen and oxygen atoms in total. The van der Waals surface area contributed by atoms with Gasteiger partial charge in [0.15, 0.2) is 0 Å². The van der Waals surface area contributed by atoms with E-state index in [4.69, 9.17) is 23.2 Å². The molecule has 1 aromatic carbocycles. The Morgan fingerprint density at radius 1 is 1.14 bits per heavy atom. The van der Waals surface area contributed by atoms with Gasteiger partial charge in [-0.3, -0.25) is 14.9 Å². The molecule has 1 aromatic heterocycles. The number of carbonyl (C=O) groups is 2. The standard InChI is InChI=1S/C19H23Cl2N3O4/c1-11(2)6-16(18(25)26)23-17(19(27)28)7-12-8-22-10-24(12)9-13-14(20)4-3-5-15(13)21/h3-5,8,10-11,16-17,23H,6-7,9H2,1-2H3,(H,25,26)(H,27,28)/t16?,17-/m0/s1. The molecule has 28 heavy (non-hydrogen) atoms. The van der Waals surface area contributed by atoms with E-state index in [1.165, 1.54) is 0 Å². The molecule has 9 heteroatoms.